The van der Waals surface area contributed by atoms with Crippen LogP contribution in [0.2, 0.25) is 0 Å². The van der Waals surface area contributed by atoms with E-state index in [0.29, 0.717) is 13.2 Å². The summed E-state index contributed by atoms with van der Waals surface area (Å²) in [6.07, 6.45) is 8.75. The lowest BCUT2D eigenvalue weighted by Gasteiger charge is -2.15. The second kappa shape index (κ2) is 5.33. The van der Waals surface area contributed by atoms with Gasteiger partial charge in [-0.05, 0) is 19.8 Å². The van der Waals surface area contributed by atoms with E-state index in [0.717, 1.165) is 25.1 Å². The van der Waals surface area contributed by atoms with E-state index in [1.165, 1.54) is 0 Å². The summed E-state index contributed by atoms with van der Waals surface area (Å²) in [5.41, 5.74) is 1.00. The van der Waals surface area contributed by atoms with Crippen LogP contribution in [0, 0.1) is 12.3 Å². The Kier molecular flexibility index (Phi) is 4.06. The molecule has 0 bridgehead atoms. The van der Waals surface area contributed by atoms with Crippen molar-refractivity contribution in [2.24, 2.45) is 0 Å². The van der Waals surface area contributed by atoms with Crippen molar-refractivity contribution in [3.8, 4) is 12.3 Å². The van der Waals surface area contributed by atoms with Crippen molar-refractivity contribution in [3.05, 3.63) is 11.8 Å². The Morgan fingerprint density at radius 1 is 1.79 bits per heavy atom. The minimum absolute atomic E-state index is 0.272. The zero-order chi connectivity index (χ0) is 10.4. The standard InChI is InChI=1S/C11H15NO2/c1-3-7-12-8-5-6-10(12)9-11(13)14-4-2/h1,9H,4-8H2,2H3/b10-9+. The molecule has 14 heavy (non-hydrogen) atoms. The Hall–Kier alpha value is -1.43. The first kappa shape index (κ1) is 10.6. The van der Waals surface area contributed by atoms with Crippen molar-refractivity contribution in [1.29, 1.82) is 0 Å². The predicted molar refractivity (Wildman–Crippen MR) is 54.4 cm³/mol. The fourth-order valence-corrected chi connectivity index (χ4v) is 1.53. The van der Waals surface area contributed by atoms with Crippen molar-refractivity contribution in [3.63, 3.8) is 0 Å². The largest absolute Gasteiger partial charge is 0.463 e. The summed E-state index contributed by atoms with van der Waals surface area (Å²) in [5, 5.41) is 0. The van der Waals surface area contributed by atoms with Crippen LogP contribution < -0.4 is 0 Å². The van der Waals surface area contributed by atoms with Crippen molar-refractivity contribution in [2.45, 2.75) is 19.8 Å². The van der Waals surface area contributed by atoms with Gasteiger partial charge in [0.2, 0.25) is 0 Å². The molecule has 1 fully saturated rings. The molecule has 1 rings (SSSR count). The van der Waals surface area contributed by atoms with Gasteiger partial charge in [0.1, 0.15) is 0 Å². The number of likely N-dealkylation sites (tertiary alicyclic amines) is 1. The van der Waals surface area contributed by atoms with Gasteiger partial charge in [-0.2, -0.15) is 0 Å². The maximum atomic E-state index is 11.2. The molecular formula is C11H15NO2. The minimum atomic E-state index is -0.272. The van der Waals surface area contributed by atoms with Gasteiger partial charge in [0.15, 0.2) is 0 Å². The first-order chi connectivity index (χ1) is 6.77. The van der Waals surface area contributed by atoms with Crippen molar-refractivity contribution < 1.29 is 9.53 Å². The fraction of sp³-hybridized carbons (Fsp3) is 0.545. The van der Waals surface area contributed by atoms with Crippen molar-refractivity contribution in [2.75, 3.05) is 19.7 Å². The third kappa shape index (κ3) is 2.81. The van der Waals surface area contributed by atoms with Crippen molar-refractivity contribution in [1.82, 2.24) is 4.90 Å². The van der Waals surface area contributed by atoms with Crippen LogP contribution >= 0.6 is 0 Å². The molecule has 0 aromatic rings. The molecule has 1 aliphatic rings. The number of allylic oxidation sites excluding steroid dienone is 1. The van der Waals surface area contributed by atoms with E-state index < -0.39 is 0 Å². The highest BCUT2D eigenvalue weighted by atomic mass is 16.5. The molecule has 1 aliphatic heterocycles. The monoisotopic (exact) mass is 193 g/mol. The lowest BCUT2D eigenvalue weighted by Crippen LogP contribution is -2.18. The molecule has 0 aromatic carbocycles. The number of hydrogen-bond donors (Lipinski definition) is 0. The molecule has 0 radical (unpaired) electrons. The van der Waals surface area contributed by atoms with Gasteiger partial charge < -0.3 is 9.64 Å². The average molecular weight is 193 g/mol. The summed E-state index contributed by atoms with van der Waals surface area (Å²) >= 11 is 0. The number of esters is 1. The Morgan fingerprint density at radius 2 is 2.57 bits per heavy atom. The Balaban J connectivity index is 2.57. The summed E-state index contributed by atoms with van der Waals surface area (Å²) in [6.45, 7) is 3.72. The quantitative estimate of drug-likeness (QED) is 0.383. The van der Waals surface area contributed by atoms with Crippen LogP contribution in [0.4, 0.5) is 0 Å². The lowest BCUT2D eigenvalue weighted by atomic mass is 10.3. The highest BCUT2D eigenvalue weighted by Crippen LogP contribution is 2.19. The summed E-state index contributed by atoms with van der Waals surface area (Å²) in [5.74, 6) is 2.31. The number of terminal acetylenes is 1. The van der Waals surface area contributed by atoms with Crippen LogP contribution in [0.15, 0.2) is 11.8 Å². The van der Waals surface area contributed by atoms with Gasteiger partial charge in [-0.15, -0.1) is 6.42 Å². The van der Waals surface area contributed by atoms with Gasteiger partial charge >= 0.3 is 5.97 Å². The molecule has 1 saturated heterocycles. The molecule has 0 saturated carbocycles. The molecule has 0 N–H and O–H groups in total. The number of ether oxygens (including phenoxy) is 1. The van der Waals surface area contributed by atoms with Gasteiger partial charge in [-0.1, -0.05) is 5.92 Å². The van der Waals surface area contributed by atoms with E-state index in [-0.39, 0.29) is 5.97 Å². The van der Waals surface area contributed by atoms with Gasteiger partial charge in [0.05, 0.1) is 13.2 Å². The molecule has 76 valence electrons. The van der Waals surface area contributed by atoms with Gasteiger partial charge in [0, 0.05) is 18.3 Å². The SMILES string of the molecule is C#CCN1CCC/C1=C\C(=O)OCC. The van der Waals surface area contributed by atoms with Crippen molar-refractivity contribution >= 4 is 5.97 Å². The molecule has 3 heteroatoms. The van der Waals surface area contributed by atoms with Gasteiger partial charge in [-0.25, -0.2) is 4.79 Å². The molecule has 0 amide bonds. The highest BCUT2D eigenvalue weighted by molar-refractivity contribution is 5.82. The van der Waals surface area contributed by atoms with Crippen LogP contribution in [0.5, 0.6) is 0 Å². The summed E-state index contributed by atoms with van der Waals surface area (Å²) < 4.78 is 4.84. The zero-order valence-corrected chi connectivity index (χ0v) is 8.45. The van der Waals surface area contributed by atoms with Gasteiger partial charge in [-0.3, -0.25) is 0 Å². The van der Waals surface area contributed by atoms with Gasteiger partial charge in [0.25, 0.3) is 0 Å². The Bertz CT molecular complexity index is 276. The summed E-state index contributed by atoms with van der Waals surface area (Å²) in [6, 6.07) is 0. The number of carbonyl (C=O) groups excluding carboxylic acids is 1. The number of hydrogen-bond acceptors (Lipinski definition) is 3. The fourth-order valence-electron chi connectivity index (χ4n) is 1.53. The molecule has 0 atom stereocenters. The van der Waals surface area contributed by atoms with E-state index in [1.807, 2.05) is 4.90 Å². The maximum Gasteiger partial charge on any atom is 0.332 e. The van der Waals surface area contributed by atoms with E-state index in [9.17, 15) is 4.79 Å². The Labute approximate surface area is 84.7 Å². The second-order valence-electron chi connectivity index (χ2n) is 3.12. The predicted octanol–water partition coefficient (Wildman–Crippen LogP) is 1.16. The lowest BCUT2D eigenvalue weighted by molar-refractivity contribution is -0.137. The molecule has 1 heterocycles. The number of rotatable bonds is 3. The van der Waals surface area contributed by atoms with Crippen LogP contribution in [-0.2, 0) is 9.53 Å². The third-order valence-electron chi connectivity index (χ3n) is 2.12. The first-order valence-corrected chi connectivity index (χ1v) is 4.83. The molecule has 0 aliphatic carbocycles. The Morgan fingerprint density at radius 3 is 3.21 bits per heavy atom. The average Bonchev–Trinajstić information content (AvgIpc) is 2.54. The van der Waals surface area contributed by atoms with Crippen LogP contribution in [-0.4, -0.2) is 30.6 Å². The highest BCUT2D eigenvalue weighted by Gasteiger charge is 2.16. The van der Waals surface area contributed by atoms with Crippen LogP contribution in [0.1, 0.15) is 19.8 Å². The normalized spacial score (nSPS) is 18.3. The second-order valence-corrected chi connectivity index (χ2v) is 3.12. The zero-order valence-electron chi connectivity index (χ0n) is 8.45. The minimum Gasteiger partial charge on any atom is -0.463 e. The number of nitrogens with zero attached hydrogens (tertiary/aromatic N) is 1. The summed E-state index contributed by atoms with van der Waals surface area (Å²) in [4.78, 5) is 13.2. The van der Waals surface area contributed by atoms with E-state index >= 15 is 0 Å². The smallest absolute Gasteiger partial charge is 0.332 e. The number of carbonyl (C=O) groups is 1. The van der Waals surface area contributed by atoms with E-state index in [2.05, 4.69) is 5.92 Å². The molecule has 0 aromatic heterocycles. The molecule has 3 nitrogen and oxygen atoms in total. The third-order valence-corrected chi connectivity index (χ3v) is 2.12. The van der Waals surface area contributed by atoms with Crippen LogP contribution in [0.25, 0.3) is 0 Å². The summed E-state index contributed by atoms with van der Waals surface area (Å²) in [7, 11) is 0. The molecule has 0 unspecified atom stereocenters. The van der Waals surface area contributed by atoms with E-state index in [1.54, 1.807) is 13.0 Å². The first-order valence-electron chi connectivity index (χ1n) is 4.83. The molecule has 0 spiro atoms. The molecular weight excluding hydrogens is 178 g/mol. The van der Waals surface area contributed by atoms with E-state index in [4.69, 9.17) is 11.2 Å². The maximum absolute atomic E-state index is 11.2. The van der Waals surface area contributed by atoms with Crippen LogP contribution in [0.3, 0.4) is 0 Å². The topological polar surface area (TPSA) is 29.5 Å².